The number of aliphatic carboxylic acids is 1. The van der Waals surface area contributed by atoms with Crippen LogP contribution in [0.25, 0.3) is 0 Å². The highest BCUT2D eigenvalue weighted by Crippen LogP contribution is 2.33. The number of carboxylic acids is 1. The Hall–Kier alpha value is -1.10. The fourth-order valence-electron chi connectivity index (χ4n) is 3.17. The number of carbonyl (C=O) groups excluding carboxylic acids is 1. The lowest BCUT2D eigenvalue weighted by molar-refractivity contribution is -0.142. The zero-order valence-corrected chi connectivity index (χ0v) is 11.4. The molecule has 108 valence electrons. The van der Waals surface area contributed by atoms with Crippen LogP contribution in [0, 0.1) is 11.8 Å². The van der Waals surface area contributed by atoms with Gasteiger partial charge in [0, 0.05) is 19.1 Å². The average Bonchev–Trinajstić information content (AvgIpc) is 2.74. The molecule has 0 aromatic heterocycles. The normalized spacial score (nSPS) is 33.7. The second-order valence-corrected chi connectivity index (χ2v) is 5.67. The van der Waals surface area contributed by atoms with Crippen LogP contribution in [0.4, 0.5) is 0 Å². The molecule has 5 heteroatoms. The average molecular weight is 269 g/mol. The van der Waals surface area contributed by atoms with E-state index in [0.717, 1.165) is 32.3 Å². The Morgan fingerprint density at radius 3 is 2.68 bits per heavy atom. The molecule has 2 N–H and O–H groups in total. The van der Waals surface area contributed by atoms with E-state index in [2.05, 4.69) is 5.32 Å². The number of rotatable bonds is 6. The molecule has 1 amide bonds. The highest BCUT2D eigenvalue weighted by atomic mass is 16.5. The molecule has 2 fully saturated rings. The maximum atomic E-state index is 11.9. The predicted octanol–water partition coefficient (Wildman–Crippen LogP) is 1.56. The van der Waals surface area contributed by atoms with Gasteiger partial charge in [-0.2, -0.15) is 0 Å². The maximum Gasteiger partial charge on any atom is 0.308 e. The van der Waals surface area contributed by atoms with E-state index >= 15 is 0 Å². The molecular formula is C14H23NO4. The van der Waals surface area contributed by atoms with E-state index in [-0.39, 0.29) is 11.9 Å². The zero-order chi connectivity index (χ0) is 13.8. The summed E-state index contributed by atoms with van der Waals surface area (Å²) in [6, 6.07) is -0.173. The molecule has 0 saturated heterocycles. The lowest BCUT2D eigenvalue weighted by Crippen LogP contribution is -2.42. The van der Waals surface area contributed by atoms with Crippen molar-refractivity contribution in [2.75, 3.05) is 6.61 Å². The molecule has 0 radical (unpaired) electrons. The maximum absolute atomic E-state index is 11.9. The van der Waals surface area contributed by atoms with Gasteiger partial charge in [-0.25, -0.2) is 0 Å². The summed E-state index contributed by atoms with van der Waals surface area (Å²) in [5.41, 5.74) is 0. The van der Waals surface area contributed by atoms with Gasteiger partial charge in [0.15, 0.2) is 0 Å². The first kappa shape index (κ1) is 14.3. The van der Waals surface area contributed by atoms with Crippen molar-refractivity contribution in [3.63, 3.8) is 0 Å². The minimum Gasteiger partial charge on any atom is -0.481 e. The topological polar surface area (TPSA) is 75.6 Å². The molecule has 5 nitrogen and oxygen atoms in total. The third kappa shape index (κ3) is 3.69. The van der Waals surface area contributed by atoms with Crippen LogP contribution in [0.3, 0.4) is 0 Å². The Morgan fingerprint density at radius 1 is 1.32 bits per heavy atom. The Bertz CT molecular complexity index is 338. The predicted molar refractivity (Wildman–Crippen MR) is 69.7 cm³/mol. The minimum absolute atomic E-state index is 0.00176. The van der Waals surface area contributed by atoms with Crippen molar-refractivity contribution >= 4 is 11.9 Å². The Kier molecular flexibility index (Phi) is 4.80. The molecule has 2 aliphatic rings. The van der Waals surface area contributed by atoms with E-state index in [1.807, 2.05) is 6.92 Å². The van der Waals surface area contributed by atoms with Gasteiger partial charge < -0.3 is 15.2 Å². The van der Waals surface area contributed by atoms with Crippen LogP contribution in [0.2, 0.25) is 0 Å². The summed E-state index contributed by atoms with van der Waals surface area (Å²) >= 11 is 0. The van der Waals surface area contributed by atoms with Crippen LogP contribution in [0.15, 0.2) is 0 Å². The molecule has 0 aromatic rings. The Balaban J connectivity index is 1.69. The van der Waals surface area contributed by atoms with E-state index in [1.165, 1.54) is 0 Å². The summed E-state index contributed by atoms with van der Waals surface area (Å²) in [5.74, 6) is -0.788. The number of nitrogens with one attached hydrogen (secondary N) is 1. The summed E-state index contributed by atoms with van der Waals surface area (Å²) in [5, 5.41) is 12.0. The molecule has 0 aromatic carbocycles. The smallest absolute Gasteiger partial charge is 0.308 e. The lowest BCUT2D eigenvalue weighted by Gasteiger charge is -2.34. The molecule has 0 aliphatic heterocycles. The first-order valence-electron chi connectivity index (χ1n) is 7.24. The van der Waals surface area contributed by atoms with Gasteiger partial charge in [-0.15, -0.1) is 0 Å². The lowest BCUT2D eigenvalue weighted by atomic mass is 9.80. The van der Waals surface area contributed by atoms with Gasteiger partial charge in [-0.1, -0.05) is 6.42 Å². The first-order chi connectivity index (χ1) is 9.10. The van der Waals surface area contributed by atoms with Gasteiger partial charge in [0.2, 0.25) is 5.91 Å². The fraction of sp³-hybridized carbons (Fsp3) is 0.857. The summed E-state index contributed by atoms with van der Waals surface area (Å²) in [6.45, 7) is 2.71. The molecule has 0 heterocycles. The number of ether oxygens (including phenoxy) is 1. The molecule has 0 bridgehead atoms. The van der Waals surface area contributed by atoms with E-state index in [0.29, 0.717) is 24.9 Å². The summed E-state index contributed by atoms with van der Waals surface area (Å²) in [6.07, 6.45) is 5.08. The molecule has 0 spiro atoms. The van der Waals surface area contributed by atoms with Gasteiger partial charge in [0.1, 0.15) is 0 Å². The van der Waals surface area contributed by atoms with Crippen LogP contribution < -0.4 is 5.32 Å². The largest absolute Gasteiger partial charge is 0.481 e. The number of amides is 1. The van der Waals surface area contributed by atoms with E-state index in [1.54, 1.807) is 0 Å². The highest BCUT2D eigenvalue weighted by Gasteiger charge is 2.35. The quantitative estimate of drug-likeness (QED) is 0.767. The van der Waals surface area contributed by atoms with E-state index in [4.69, 9.17) is 9.84 Å². The Morgan fingerprint density at radius 2 is 2.05 bits per heavy atom. The van der Waals surface area contributed by atoms with Crippen LogP contribution in [-0.2, 0) is 14.3 Å². The van der Waals surface area contributed by atoms with Gasteiger partial charge >= 0.3 is 5.97 Å². The Labute approximate surface area is 113 Å². The van der Waals surface area contributed by atoms with Crippen LogP contribution in [-0.4, -0.2) is 35.7 Å². The summed E-state index contributed by atoms with van der Waals surface area (Å²) in [4.78, 5) is 22.9. The molecule has 2 aliphatic carbocycles. The molecular weight excluding hydrogens is 246 g/mol. The zero-order valence-electron chi connectivity index (χ0n) is 11.4. The minimum atomic E-state index is -0.789. The van der Waals surface area contributed by atoms with Crippen molar-refractivity contribution in [1.82, 2.24) is 5.32 Å². The van der Waals surface area contributed by atoms with E-state index in [9.17, 15) is 9.59 Å². The summed E-state index contributed by atoms with van der Waals surface area (Å²) < 4.78 is 5.46. The van der Waals surface area contributed by atoms with Crippen molar-refractivity contribution in [2.24, 2.45) is 11.8 Å². The van der Waals surface area contributed by atoms with Gasteiger partial charge in [-0.3, -0.25) is 9.59 Å². The van der Waals surface area contributed by atoms with Crippen LogP contribution >= 0.6 is 0 Å². The van der Waals surface area contributed by atoms with Crippen molar-refractivity contribution in [3.8, 4) is 0 Å². The highest BCUT2D eigenvalue weighted by molar-refractivity contribution is 5.78. The number of hydrogen-bond acceptors (Lipinski definition) is 3. The molecule has 19 heavy (non-hydrogen) atoms. The van der Waals surface area contributed by atoms with Crippen LogP contribution in [0.5, 0.6) is 0 Å². The monoisotopic (exact) mass is 269 g/mol. The second-order valence-electron chi connectivity index (χ2n) is 5.67. The fourth-order valence-corrected chi connectivity index (χ4v) is 3.17. The number of carbonyl (C=O) groups is 2. The van der Waals surface area contributed by atoms with Gasteiger partial charge in [0.25, 0.3) is 0 Å². The number of hydrogen-bond donors (Lipinski definition) is 2. The summed E-state index contributed by atoms with van der Waals surface area (Å²) in [7, 11) is 0. The van der Waals surface area contributed by atoms with E-state index < -0.39 is 11.9 Å². The second kappa shape index (κ2) is 6.37. The first-order valence-corrected chi connectivity index (χ1v) is 7.24. The molecule has 2 atom stereocenters. The van der Waals surface area contributed by atoms with Crippen molar-refractivity contribution in [1.29, 1.82) is 0 Å². The van der Waals surface area contributed by atoms with Crippen molar-refractivity contribution < 1.29 is 19.4 Å². The third-order valence-corrected chi connectivity index (χ3v) is 4.25. The standard InChI is InChI=1S/C14H23NO4/c1-2-19-10-6-9(7-10)8-13(16)15-12-5-3-4-11(12)14(17)18/h9-12H,2-8H2,1H3,(H,15,16)(H,17,18). The van der Waals surface area contributed by atoms with Gasteiger partial charge in [0.05, 0.1) is 12.0 Å². The molecule has 2 saturated carbocycles. The van der Waals surface area contributed by atoms with Gasteiger partial charge in [-0.05, 0) is 38.5 Å². The number of carboxylic acid groups (broad SMARTS) is 1. The third-order valence-electron chi connectivity index (χ3n) is 4.25. The molecule has 2 unspecified atom stereocenters. The van der Waals surface area contributed by atoms with Crippen LogP contribution in [0.1, 0.15) is 45.4 Å². The van der Waals surface area contributed by atoms with Crippen molar-refractivity contribution in [2.45, 2.75) is 57.6 Å². The molecule has 2 rings (SSSR count). The SMILES string of the molecule is CCOC1CC(CC(=O)NC2CCCC2C(=O)O)C1. The van der Waals surface area contributed by atoms with Crippen molar-refractivity contribution in [3.05, 3.63) is 0 Å².